The Bertz CT molecular complexity index is 1370. The van der Waals surface area contributed by atoms with Crippen molar-refractivity contribution in [1.29, 1.82) is 0 Å². The Labute approximate surface area is 222 Å². The maximum atomic E-state index is 15.6. The number of nitrogens with zero attached hydrogens (tertiary/aromatic N) is 5. The number of halogens is 5. The molecule has 202 valence electrons. The van der Waals surface area contributed by atoms with Gasteiger partial charge in [-0.15, -0.1) is 5.11 Å². The summed E-state index contributed by atoms with van der Waals surface area (Å²) in [6, 6.07) is 11.3. The van der Waals surface area contributed by atoms with Gasteiger partial charge in [-0.2, -0.15) is 8.78 Å². The largest absolute Gasteiger partial charge is 0.371 e. The summed E-state index contributed by atoms with van der Waals surface area (Å²) < 4.78 is 72.2. The zero-order chi connectivity index (χ0) is 27.8. The first-order chi connectivity index (χ1) is 18.8. The molecule has 2 N–H and O–H groups in total. The van der Waals surface area contributed by atoms with Crippen LogP contribution in [-0.4, -0.2) is 31.0 Å². The van der Waals surface area contributed by atoms with Gasteiger partial charge in [0, 0.05) is 42.5 Å². The second kappa shape index (κ2) is 12.5. The third-order valence-corrected chi connectivity index (χ3v) is 6.48. The Morgan fingerprint density at radius 2 is 1.74 bits per heavy atom. The van der Waals surface area contributed by atoms with Crippen LogP contribution in [-0.2, 0) is 5.92 Å². The average molecular weight is 541 g/mol. The fraction of sp³-hybridized carbons (Fsp3) is 0.286. The van der Waals surface area contributed by atoms with Gasteiger partial charge in [-0.1, -0.05) is 23.1 Å². The molecule has 0 aliphatic carbocycles. The van der Waals surface area contributed by atoms with Crippen LogP contribution in [0, 0.1) is 35.2 Å². The van der Waals surface area contributed by atoms with E-state index in [0.717, 1.165) is 56.2 Å². The molecule has 0 saturated carbocycles. The molecule has 3 aromatic rings. The fourth-order valence-corrected chi connectivity index (χ4v) is 4.37. The van der Waals surface area contributed by atoms with Crippen LogP contribution in [0.4, 0.5) is 27.6 Å². The maximum absolute atomic E-state index is 15.6. The standard InChI is InChI=1S/C28H25F5N6/c29-21-4-7-23(8-5-21)39-13-11-19(12-14-39)1-2-20-3-10-27(36-16-20)28(32,33)25(17-35-18-37-38-34)24-9-6-22(30)15-26(24)31/h3-10,15-16,18-19,25H,11-14,17H2,(H2,34,35,37). The highest BCUT2D eigenvalue weighted by Gasteiger charge is 2.44. The van der Waals surface area contributed by atoms with Crippen molar-refractivity contribution >= 4 is 12.0 Å². The Morgan fingerprint density at radius 3 is 2.38 bits per heavy atom. The van der Waals surface area contributed by atoms with Crippen LogP contribution in [0.5, 0.6) is 0 Å². The van der Waals surface area contributed by atoms with Crippen LogP contribution in [0.25, 0.3) is 0 Å². The molecule has 4 rings (SSSR count). The second-order valence-corrected chi connectivity index (χ2v) is 8.99. The number of aliphatic imine (C=N–C) groups is 1. The van der Waals surface area contributed by atoms with Crippen LogP contribution in [0.1, 0.15) is 35.6 Å². The lowest BCUT2D eigenvalue weighted by Crippen LogP contribution is -2.33. The Morgan fingerprint density at radius 1 is 1.03 bits per heavy atom. The lowest BCUT2D eigenvalue weighted by Gasteiger charge is -2.31. The molecule has 1 saturated heterocycles. The summed E-state index contributed by atoms with van der Waals surface area (Å²) in [5.41, 5.74) is 0.393. The van der Waals surface area contributed by atoms with E-state index in [0.29, 0.717) is 11.6 Å². The van der Waals surface area contributed by atoms with E-state index in [1.807, 2.05) is 0 Å². The molecule has 11 heteroatoms. The summed E-state index contributed by atoms with van der Waals surface area (Å²) in [6.45, 7) is 0.962. The van der Waals surface area contributed by atoms with Gasteiger partial charge in [0.05, 0.1) is 12.5 Å². The number of pyridine rings is 1. The topological polar surface area (TPSA) is 79.2 Å². The van der Waals surface area contributed by atoms with Crippen molar-refractivity contribution in [3.05, 3.63) is 95.1 Å². The van der Waals surface area contributed by atoms with E-state index < -0.39 is 41.3 Å². The first-order valence-corrected chi connectivity index (χ1v) is 12.2. The number of piperidine rings is 1. The molecule has 2 aromatic carbocycles. The first kappa shape index (κ1) is 27.7. The summed E-state index contributed by atoms with van der Waals surface area (Å²) in [5.74, 6) is 3.43. The Kier molecular flexibility index (Phi) is 8.86. The van der Waals surface area contributed by atoms with E-state index in [1.54, 1.807) is 12.1 Å². The number of hydrogen-bond donors (Lipinski definition) is 1. The highest BCUT2D eigenvalue weighted by atomic mass is 19.3. The van der Waals surface area contributed by atoms with Crippen molar-refractivity contribution in [1.82, 2.24) is 4.98 Å². The normalized spacial score (nSPS) is 15.5. The minimum atomic E-state index is -3.66. The molecule has 1 aliphatic heterocycles. The lowest BCUT2D eigenvalue weighted by molar-refractivity contribution is -0.0364. The molecule has 1 atom stereocenters. The van der Waals surface area contributed by atoms with Gasteiger partial charge in [0.1, 0.15) is 29.5 Å². The monoisotopic (exact) mass is 540 g/mol. The van der Waals surface area contributed by atoms with Gasteiger partial charge in [0.15, 0.2) is 0 Å². The number of anilines is 1. The van der Waals surface area contributed by atoms with Gasteiger partial charge in [-0.3, -0.25) is 9.98 Å². The fourth-order valence-electron chi connectivity index (χ4n) is 4.37. The summed E-state index contributed by atoms with van der Waals surface area (Å²) in [4.78, 5) is 9.82. The quantitative estimate of drug-likeness (QED) is 0.0760. The van der Waals surface area contributed by atoms with E-state index in [1.165, 1.54) is 24.4 Å². The molecule has 6 nitrogen and oxygen atoms in total. The summed E-state index contributed by atoms with van der Waals surface area (Å²) in [5, 5.41) is 6.25. The van der Waals surface area contributed by atoms with Crippen molar-refractivity contribution in [2.24, 2.45) is 27.1 Å². The van der Waals surface area contributed by atoms with E-state index >= 15 is 8.78 Å². The molecule has 0 radical (unpaired) electrons. The van der Waals surface area contributed by atoms with Crippen molar-refractivity contribution < 1.29 is 22.0 Å². The molecule has 1 fully saturated rings. The van der Waals surface area contributed by atoms with Crippen LogP contribution in [0.3, 0.4) is 0 Å². The minimum Gasteiger partial charge on any atom is -0.371 e. The number of nitrogens with two attached hydrogens (primary N) is 1. The van der Waals surface area contributed by atoms with Gasteiger partial charge in [-0.05, 0) is 60.9 Å². The molecular formula is C28H25F5N6. The molecule has 0 amide bonds. The Hall–Kier alpha value is -4.33. The minimum absolute atomic E-state index is 0.122. The predicted molar refractivity (Wildman–Crippen MR) is 138 cm³/mol. The molecular weight excluding hydrogens is 515 g/mol. The van der Waals surface area contributed by atoms with Crippen molar-refractivity contribution in [3.63, 3.8) is 0 Å². The maximum Gasteiger partial charge on any atom is 0.298 e. The van der Waals surface area contributed by atoms with Crippen molar-refractivity contribution in [3.8, 4) is 11.8 Å². The van der Waals surface area contributed by atoms with E-state index in [4.69, 9.17) is 5.84 Å². The third-order valence-electron chi connectivity index (χ3n) is 6.48. The molecule has 2 heterocycles. The molecule has 1 unspecified atom stereocenters. The van der Waals surface area contributed by atoms with E-state index in [-0.39, 0.29) is 11.7 Å². The summed E-state index contributed by atoms with van der Waals surface area (Å²) >= 11 is 0. The summed E-state index contributed by atoms with van der Waals surface area (Å²) in [7, 11) is 0. The highest BCUT2D eigenvalue weighted by Crippen LogP contribution is 2.42. The van der Waals surface area contributed by atoms with Gasteiger partial charge in [0.2, 0.25) is 0 Å². The third kappa shape index (κ3) is 6.96. The second-order valence-electron chi connectivity index (χ2n) is 8.99. The lowest BCUT2D eigenvalue weighted by atomic mass is 9.89. The number of hydrogen-bond acceptors (Lipinski definition) is 4. The van der Waals surface area contributed by atoms with Gasteiger partial charge in [-0.25, -0.2) is 13.2 Å². The van der Waals surface area contributed by atoms with E-state index in [2.05, 4.69) is 37.1 Å². The van der Waals surface area contributed by atoms with Crippen LogP contribution in [0.15, 0.2) is 76.1 Å². The van der Waals surface area contributed by atoms with Gasteiger partial charge < -0.3 is 10.7 Å². The van der Waals surface area contributed by atoms with Crippen LogP contribution >= 0.6 is 0 Å². The molecule has 1 aromatic heterocycles. The molecule has 1 aliphatic rings. The van der Waals surface area contributed by atoms with E-state index in [9.17, 15) is 13.2 Å². The molecule has 0 spiro atoms. The molecule has 0 bridgehead atoms. The smallest absolute Gasteiger partial charge is 0.298 e. The molecule has 39 heavy (non-hydrogen) atoms. The summed E-state index contributed by atoms with van der Waals surface area (Å²) in [6.07, 6.45) is 3.74. The zero-order valence-corrected chi connectivity index (χ0v) is 20.7. The number of aromatic nitrogens is 1. The van der Waals surface area contributed by atoms with Crippen LogP contribution in [0.2, 0.25) is 0 Å². The highest BCUT2D eigenvalue weighted by molar-refractivity contribution is 5.54. The van der Waals surface area contributed by atoms with Crippen LogP contribution < -0.4 is 10.7 Å². The van der Waals surface area contributed by atoms with Gasteiger partial charge >= 0.3 is 0 Å². The number of alkyl halides is 2. The van der Waals surface area contributed by atoms with Gasteiger partial charge in [0.25, 0.3) is 5.92 Å². The SMILES string of the molecule is NN=NC=NCC(c1ccc(F)cc1F)C(F)(F)c1ccc(C#CC2CCN(c3ccc(F)cc3)CC2)cn1. The average Bonchev–Trinajstić information content (AvgIpc) is 2.93. The van der Waals surface area contributed by atoms with Crippen molar-refractivity contribution in [2.75, 3.05) is 24.5 Å². The zero-order valence-electron chi connectivity index (χ0n) is 20.7. The number of rotatable bonds is 7. The first-order valence-electron chi connectivity index (χ1n) is 12.2. The van der Waals surface area contributed by atoms with Crippen molar-refractivity contribution in [2.45, 2.75) is 24.7 Å². The number of benzene rings is 2. The predicted octanol–water partition coefficient (Wildman–Crippen LogP) is 6.00. The Balaban J connectivity index is 1.46.